The van der Waals surface area contributed by atoms with Gasteiger partial charge in [0, 0.05) is 35.8 Å². The zero-order chi connectivity index (χ0) is 23.7. The average molecular weight is 482 g/mol. The first kappa shape index (κ1) is 22.4. The third-order valence-electron chi connectivity index (χ3n) is 5.79. The van der Waals surface area contributed by atoms with Gasteiger partial charge in [0.15, 0.2) is 10.9 Å². The van der Waals surface area contributed by atoms with Gasteiger partial charge in [-0.25, -0.2) is 14.4 Å². The third kappa shape index (κ3) is 4.25. The number of aliphatic hydroxyl groups is 1. The molecule has 1 fully saturated rings. The highest BCUT2D eigenvalue weighted by Gasteiger charge is 2.20. The number of aliphatic hydroxyl groups excluding tert-OH is 1. The van der Waals surface area contributed by atoms with Crippen LogP contribution < -0.4 is 9.64 Å². The second kappa shape index (κ2) is 9.46. The van der Waals surface area contributed by atoms with Gasteiger partial charge >= 0.3 is 0 Å². The quantitative estimate of drug-likeness (QED) is 0.460. The molecule has 174 valence electrons. The van der Waals surface area contributed by atoms with Gasteiger partial charge in [-0.05, 0) is 35.9 Å². The Kier molecular flexibility index (Phi) is 6.23. The number of methoxy groups -OCH3 is 1. The number of aromatic nitrogens is 4. The van der Waals surface area contributed by atoms with E-state index in [-0.39, 0.29) is 22.2 Å². The van der Waals surface area contributed by atoms with Gasteiger partial charge in [-0.3, -0.25) is 0 Å². The molecule has 34 heavy (non-hydrogen) atoms. The molecule has 10 heteroatoms. The number of hydrogen-bond donors (Lipinski definition) is 1. The van der Waals surface area contributed by atoms with Crippen molar-refractivity contribution in [2.75, 3.05) is 38.3 Å². The number of morpholine rings is 1. The smallest absolute Gasteiger partial charge is 0.193 e. The number of nitrogens with zero attached hydrogens (tertiary/aromatic N) is 5. The highest BCUT2D eigenvalue weighted by molar-refractivity contribution is 6.30. The van der Waals surface area contributed by atoms with Crippen molar-refractivity contribution in [3.63, 3.8) is 0 Å². The summed E-state index contributed by atoms with van der Waals surface area (Å²) in [6, 6.07) is 11.7. The van der Waals surface area contributed by atoms with Crippen molar-refractivity contribution in [2.24, 2.45) is 0 Å². The molecule has 8 nitrogen and oxygen atoms in total. The molecule has 2 aromatic carbocycles. The Morgan fingerprint density at radius 1 is 1.09 bits per heavy atom. The Morgan fingerprint density at radius 2 is 1.91 bits per heavy atom. The Hall–Kier alpha value is -3.40. The molecule has 0 saturated carbocycles. The summed E-state index contributed by atoms with van der Waals surface area (Å²) in [4.78, 5) is 11.0. The number of anilines is 1. The summed E-state index contributed by atoms with van der Waals surface area (Å²) in [6.45, 7) is 2.96. The van der Waals surface area contributed by atoms with Crippen LogP contribution in [-0.4, -0.2) is 58.7 Å². The van der Waals surface area contributed by atoms with Crippen LogP contribution in [0.5, 0.6) is 5.75 Å². The first-order valence-corrected chi connectivity index (χ1v) is 11.1. The lowest BCUT2D eigenvalue weighted by Crippen LogP contribution is -2.36. The van der Waals surface area contributed by atoms with Crippen molar-refractivity contribution in [3.05, 3.63) is 71.0 Å². The summed E-state index contributed by atoms with van der Waals surface area (Å²) in [5.41, 5.74) is 3.06. The molecule has 2 aromatic heterocycles. The van der Waals surface area contributed by atoms with Crippen LogP contribution in [0.2, 0.25) is 5.15 Å². The van der Waals surface area contributed by atoms with Crippen LogP contribution in [0.4, 0.5) is 10.1 Å². The minimum atomic E-state index is -1.17. The standard InChI is InChI=1S/C24H21ClFN5O3/c1-33-21-12-20(29-30-24(21)25)23(32)14-2-5-18(26)17(10-14)22-16-4-3-15(11-19(16)27-13-28-22)31-6-8-34-9-7-31/h2-5,10-13,23,32H,6-9H2,1H3. The molecular weight excluding hydrogens is 461 g/mol. The largest absolute Gasteiger partial charge is 0.493 e. The van der Waals surface area contributed by atoms with Crippen LogP contribution in [0.15, 0.2) is 48.8 Å². The Morgan fingerprint density at radius 3 is 2.71 bits per heavy atom. The van der Waals surface area contributed by atoms with E-state index >= 15 is 0 Å². The van der Waals surface area contributed by atoms with Gasteiger partial charge in [0.2, 0.25) is 0 Å². The van der Waals surface area contributed by atoms with Crippen molar-refractivity contribution in [1.29, 1.82) is 0 Å². The van der Waals surface area contributed by atoms with Crippen LogP contribution in [-0.2, 0) is 4.74 Å². The Balaban J connectivity index is 1.53. The molecule has 0 amide bonds. The highest BCUT2D eigenvalue weighted by atomic mass is 35.5. The van der Waals surface area contributed by atoms with E-state index in [1.54, 1.807) is 6.07 Å². The number of hydrogen-bond acceptors (Lipinski definition) is 8. The molecule has 1 atom stereocenters. The van der Waals surface area contributed by atoms with Gasteiger partial charge in [-0.2, -0.15) is 5.10 Å². The molecule has 0 spiro atoms. The van der Waals surface area contributed by atoms with Gasteiger partial charge < -0.3 is 19.5 Å². The molecule has 5 rings (SSSR count). The van der Waals surface area contributed by atoms with Crippen molar-refractivity contribution < 1.29 is 19.0 Å². The zero-order valence-electron chi connectivity index (χ0n) is 18.3. The van der Waals surface area contributed by atoms with Crippen molar-refractivity contribution in [3.8, 4) is 17.0 Å². The van der Waals surface area contributed by atoms with Gasteiger partial charge in [0.25, 0.3) is 0 Å². The molecule has 1 unspecified atom stereocenters. The SMILES string of the molecule is COc1cc(C(O)c2ccc(F)c(-c3ncnc4cc(N5CCOCC5)ccc34)c2)nnc1Cl. The lowest BCUT2D eigenvalue weighted by atomic mass is 9.99. The van der Waals surface area contributed by atoms with Gasteiger partial charge in [-0.1, -0.05) is 17.7 Å². The molecule has 1 aliphatic heterocycles. The minimum absolute atomic E-state index is 0.0853. The molecule has 1 aliphatic rings. The van der Waals surface area contributed by atoms with E-state index in [1.807, 2.05) is 18.2 Å². The maximum absolute atomic E-state index is 15.0. The first-order valence-electron chi connectivity index (χ1n) is 10.7. The van der Waals surface area contributed by atoms with Gasteiger partial charge in [0.1, 0.15) is 18.2 Å². The van der Waals surface area contributed by atoms with Crippen molar-refractivity contribution in [2.45, 2.75) is 6.10 Å². The summed E-state index contributed by atoms with van der Waals surface area (Å²) in [7, 11) is 1.44. The van der Waals surface area contributed by atoms with Crippen LogP contribution in [0.25, 0.3) is 22.2 Å². The summed E-state index contributed by atoms with van der Waals surface area (Å²) in [6.07, 6.45) is 0.248. The fourth-order valence-corrected chi connectivity index (χ4v) is 4.16. The van der Waals surface area contributed by atoms with Crippen molar-refractivity contribution >= 4 is 28.2 Å². The second-order valence-corrected chi connectivity index (χ2v) is 8.15. The van der Waals surface area contributed by atoms with Gasteiger partial charge in [0.05, 0.1) is 37.2 Å². The van der Waals surface area contributed by atoms with Crippen LogP contribution in [0.1, 0.15) is 17.4 Å². The van der Waals surface area contributed by atoms with E-state index in [2.05, 4.69) is 25.1 Å². The van der Waals surface area contributed by atoms with E-state index in [1.165, 1.54) is 31.6 Å². The maximum Gasteiger partial charge on any atom is 0.193 e. The molecule has 3 heterocycles. The normalized spacial score (nSPS) is 14.9. The highest BCUT2D eigenvalue weighted by Crippen LogP contribution is 2.33. The summed E-state index contributed by atoms with van der Waals surface area (Å²) in [5, 5.41) is 19.4. The summed E-state index contributed by atoms with van der Waals surface area (Å²) >= 11 is 5.94. The fourth-order valence-electron chi connectivity index (χ4n) is 3.99. The molecule has 4 aromatic rings. The van der Waals surface area contributed by atoms with E-state index < -0.39 is 11.9 Å². The predicted molar refractivity (Wildman–Crippen MR) is 126 cm³/mol. The predicted octanol–water partition coefficient (Wildman–Crippen LogP) is 3.81. The van der Waals surface area contributed by atoms with Crippen LogP contribution in [0, 0.1) is 5.82 Å². The fraction of sp³-hybridized carbons (Fsp3) is 0.250. The van der Waals surface area contributed by atoms with E-state index in [0.717, 1.165) is 18.8 Å². The molecule has 0 bridgehead atoms. The Bertz CT molecular complexity index is 1350. The lowest BCUT2D eigenvalue weighted by Gasteiger charge is -2.29. The number of benzene rings is 2. The van der Waals surface area contributed by atoms with Gasteiger partial charge in [-0.15, -0.1) is 5.10 Å². The molecule has 0 radical (unpaired) electrons. The zero-order valence-corrected chi connectivity index (χ0v) is 19.0. The molecule has 0 aliphatic carbocycles. The molecular formula is C24H21ClFN5O3. The first-order chi connectivity index (χ1) is 16.5. The topological polar surface area (TPSA) is 93.5 Å². The van der Waals surface area contributed by atoms with Crippen molar-refractivity contribution in [1.82, 2.24) is 20.2 Å². The third-order valence-corrected chi connectivity index (χ3v) is 6.06. The average Bonchev–Trinajstić information content (AvgIpc) is 2.89. The lowest BCUT2D eigenvalue weighted by molar-refractivity contribution is 0.122. The van der Waals surface area contributed by atoms with Crippen LogP contribution >= 0.6 is 11.6 Å². The molecule has 1 N–H and O–H groups in total. The Labute approximate surface area is 200 Å². The van der Waals surface area contributed by atoms with E-state index in [0.29, 0.717) is 35.4 Å². The van der Waals surface area contributed by atoms with E-state index in [9.17, 15) is 9.50 Å². The number of rotatable bonds is 5. The maximum atomic E-state index is 15.0. The molecule has 1 saturated heterocycles. The summed E-state index contributed by atoms with van der Waals surface area (Å²) in [5.74, 6) is -0.182. The number of fused-ring (bicyclic) bond motifs is 1. The van der Waals surface area contributed by atoms with E-state index in [4.69, 9.17) is 21.1 Å². The monoisotopic (exact) mass is 481 g/mol. The number of halogens is 2. The number of ether oxygens (including phenoxy) is 2. The second-order valence-electron chi connectivity index (χ2n) is 7.79. The van der Waals surface area contributed by atoms with Crippen LogP contribution in [0.3, 0.4) is 0 Å². The summed E-state index contributed by atoms with van der Waals surface area (Å²) < 4.78 is 25.5. The minimum Gasteiger partial charge on any atom is -0.493 e.